The topological polar surface area (TPSA) is 77.7 Å². The van der Waals surface area contributed by atoms with Crippen molar-refractivity contribution in [3.63, 3.8) is 0 Å². The van der Waals surface area contributed by atoms with Gasteiger partial charge in [-0.15, -0.1) is 10.2 Å². The maximum absolute atomic E-state index is 13.2. The van der Waals surface area contributed by atoms with Crippen molar-refractivity contribution in [2.75, 3.05) is 59.5 Å². The molecule has 0 bridgehead atoms. The van der Waals surface area contributed by atoms with Gasteiger partial charge in [-0.1, -0.05) is 0 Å². The van der Waals surface area contributed by atoms with Crippen LogP contribution in [0.5, 0.6) is 0 Å². The summed E-state index contributed by atoms with van der Waals surface area (Å²) in [6, 6.07) is 0. The van der Waals surface area contributed by atoms with Crippen molar-refractivity contribution in [2.45, 2.75) is 38.6 Å². The highest BCUT2D eigenvalue weighted by Crippen LogP contribution is 2.25. The zero-order chi connectivity index (χ0) is 19.5. The molecule has 0 unspecified atom stereocenters. The summed E-state index contributed by atoms with van der Waals surface area (Å²) in [5, 5.41) is 18.3. The first kappa shape index (κ1) is 19.8. The molecule has 4 heterocycles. The van der Waals surface area contributed by atoms with E-state index >= 15 is 0 Å². The highest BCUT2D eigenvalue weighted by Gasteiger charge is 2.34. The van der Waals surface area contributed by atoms with E-state index in [0.29, 0.717) is 18.3 Å². The van der Waals surface area contributed by atoms with E-state index in [-0.39, 0.29) is 18.4 Å². The van der Waals surface area contributed by atoms with Crippen LogP contribution in [0.25, 0.3) is 0 Å². The lowest BCUT2D eigenvalue weighted by Crippen LogP contribution is -2.49. The number of carbonyl (C=O) groups excluding carboxylic acids is 1. The second kappa shape index (κ2) is 8.88. The molecule has 0 radical (unpaired) electrons. The Morgan fingerprint density at radius 3 is 2.75 bits per heavy atom. The number of fused-ring (bicyclic) bond motifs is 1. The predicted octanol–water partition coefficient (Wildman–Crippen LogP) is 0.323. The van der Waals surface area contributed by atoms with Crippen LogP contribution in [0.2, 0.25) is 0 Å². The zero-order valence-electron chi connectivity index (χ0n) is 17.1. The molecule has 2 saturated heterocycles. The number of aliphatic hydroxyl groups excluding tert-OH is 1. The first-order valence-corrected chi connectivity index (χ1v) is 10.9. The summed E-state index contributed by atoms with van der Waals surface area (Å²) < 4.78 is 2.01. The quantitative estimate of drug-likeness (QED) is 0.798. The molecule has 2 atom stereocenters. The number of carbonyl (C=O) groups is 1. The Labute approximate surface area is 167 Å². The number of aromatic nitrogens is 3. The Morgan fingerprint density at radius 1 is 1.04 bits per heavy atom. The molecule has 8 nitrogen and oxygen atoms in total. The molecule has 1 aromatic rings. The summed E-state index contributed by atoms with van der Waals surface area (Å²) in [6.07, 6.45) is 5.30. The van der Waals surface area contributed by atoms with Crippen LogP contribution in [0.4, 0.5) is 0 Å². The minimum atomic E-state index is -0.0144. The minimum absolute atomic E-state index is 0.0144. The number of aliphatic hydroxyl groups is 1. The molecule has 156 valence electrons. The molecular weight excluding hydrogens is 356 g/mol. The standard InChI is InChI=1S/C20H34N6O2/c1-23-6-4-7-24(10-9-23)12-16-11-17(15-27)14-25(13-16)20(28)19-22-21-18-5-2-3-8-26(18)19/h16-17,27H,2-15H2,1H3/t16-,17+/m1/s1. The number of piperidine rings is 1. The molecule has 0 aliphatic carbocycles. The maximum atomic E-state index is 13.2. The lowest BCUT2D eigenvalue weighted by Gasteiger charge is -2.39. The van der Waals surface area contributed by atoms with Crippen molar-refractivity contribution in [3.8, 4) is 0 Å². The Bertz CT molecular complexity index is 678. The van der Waals surface area contributed by atoms with Crippen molar-refractivity contribution >= 4 is 5.91 Å². The van der Waals surface area contributed by atoms with E-state index in [4.69, 9.17) is 0 Å². The average Bonchev–Trinajstić information content (AvgIpc) is 3.04. The van der Waals surface area contributed by atoms with Crippen molar-refractivity contribution in [2.24, 2.45) is 11.8 Å². The fourth-order valence-corrected chi connectivity index (χ4v) is 5.00. The van der Waals surface area contributed by atoms with E-state index in [0.717, 1.165) is 77.3 Å². The Balaban J connectivity index is 1.43. The van der Waals surface area contributed by atoms with Crippen LogP contribution in [0.15, 0.2) is 0 Å². The van der Waals surface area contributed by atoms with Gasteiger partial charge in [0.15, 0.2) is 0 Å². The molecule has 3 aliphatic heterocycles. The number of likely N-dealkylation sites (N-methyl/N-ethyl adjacent to an activating group) is 1. The highest BCUT2D eigenvalue weighted by atomic mass is 16.3. The minimum Gasteiger partial charge on any atom is -0.396 e. The zero-order valence-corrected chi connectivity index (χ0v) is 17.1. The van der Waals surface area contributed by atoms with Crippen LogP contribution < -0.4 is 0 Å². The molecule has 8 heteroatoms. The van der Waals surface area contributed by atoms with Gasteiger partial charge >= 0.3 is 0 Å². The number of amides is 1. The molecule has 1 aromatic heterocycles. The third-order valence-electron chi connectivity index (χ3n) is 6.55. The number of rotatable bonds is 4. The first-order valence-electron chi connectivity index (χ1n) is 10.9. The summed E-state index contributed by atoms with van der Waals surface area (Å²) >= 11 is 0. The van der Waals surface area contributed by atoms with Crippen molar-refractivity contribution in [3.05, 3.63) is 11.6 Å². The number of nitrogens with zero attached hydrogens (tertiary/aromatic N) is 6. The van der Waals surface area contributed by atoms with Gasteiger partial charge in [-0.05, 0) is 57.7 Å². The monoisotopic (exact) mass is 390 g/mol. The molecular formula is C20H34N6O2. The van der Waals surface area contributed by atoms with Crippen LogP contribution in [-0.2, 0) is 13.0 Å². The lowest BCUT2D eigenvalue weighted by molar-refractivity contribution is 0.0438. The van der Waals surface area contributed by atoms with E-state index in [9.17, 15) is 9.90 Å². The maximum Gasteiger partial charge on any atom is 0.291 e. The molecule has 0 spiro atoms. The Morgan fingerprint density at radius 2 is 1.89 bits per heavy atom. The van der Waals surface area contributed by atoms with Gasteiger partial charge in [0.2, 0.25) is 5.82 Å². The summed E-state index contributed by atoms with van der Waals surface area (Å²) in [4.78, 5) is 20.1. The smallest absolute Gasteiger partial charge is 0.291 e. The van der Waals surface area contributed by atoms with Gasteiger partial charge in [0, 0.05) is 52.3 Å². The van der Waals surface area contributed by atoms with Gasteiger partial charge in [0.1, 0.15) is 5.82 Å². The van der Waals surface area contributed by atoms with Gasteiger partial charge in [-0.2, -0.15) is 0 Å². The SMILES string of the molecule is CN1CCCN(C[C@H]2C[C@H](CO)CN(C(=O)c3nnc4n3CCCC4)C2)CC1. The fraction of sp³-hybridized carbons (Fsp3) is 0.850. The average molecular weight is 391 g/mol. The highest BCUT2D eigenvalue weighted by molar-refractivity contribution is 5.90. The van der Waals surface area contributed by atoms with Crippen LogP contribution in [0.3, 0.4) is 0 Å². The number of hydrogen-bond acceptors (Lipinski definition) is 6. The molecule has 1 N–H and O–H groups in total. The van der Waals surface area contributed by atoms with E-state index in [1.54, 1.807) is 0 Å². The predicted molar refractivity (Wildman–Crippen MR) is 106 cm³/mol. The molecule has 28 heavy (non-hydrogen) atoms. The van der Waals surface area contributed by atoms with Crippen LogP contribution in [-0.4, -0.2) is 99.9 Å². The number of aryl methyl sites for hydroxylation is 1. The summed E-state index contributed by atoms with van der Waals surface area (Å²) in [6.45, 7) is 7.82. The second-order valence-electron chi connectivity index (χ2n) is 8.87. The number of hydrogen-bond donors (Lipinski definition) is 1. The Hall–Kier alpha value is -1.51. The van der Waals surface area contributed by atoms with E-state index in [1.165, 1.54) is 6.42 Å². The molecule has 4 rings (SSSR count). The molecule has 0 saturated carbocycles. The van der Waals surface area contributed by atoms with Crippen LogP contribution >= 0.6 is 0 Å². The van der Waals surface area contributed by atoms with Gasteiger partial charge in [0.25, 0.3) is 5.91 Å². The Kier molecular flexibility index (Phi) is 6.28. The van der Waals surface area contributed by atoms with E-state index < -0.39 is 0 Å². The molecule has 0 aromatic carbocycles. The van der Waals surface area contributed by atoms with Gasteiger partial charge in [-0.3, -0.25) is 4.79 Å². The lowest BCUT2D eigenvalue weighted by atomic mass is 9.89. The summed E-state index contributed by atoms with van der Waals surface area (Å²) in [5.41, 5.74) is 0. The second-order valence-corrected chi connectivity index (χ2v) is 8.87. The van der Waals surface area contributed by atoms with Crippen molar-refractivity contribution in [1.82, 2.24) is 29.5 Å². The van der Waals surface area contributed by atoms with E-state index in [2.05, 4.69) is 27.0 Å². The molecule has 2 fully saturated rings. The molecule has 3 aliphatic rings. The van der Waals surface area contributed by atoms with Crippen molar-refractivity contribution < 1.29 is 9.90 Å². The molecule has 1 amide bonds. The van der Waals surface area contributed by atoms with Gasteiger partial charge < -0.3 is 24.4 Å². The van der Waals surface area contributed by atoms with Gasteiger partial charge in [-0.25, -0.2) is 0 Å². The van der Waals surface area contributed by atoms with E-state index in [1.807, 2.05) is 9.47 Å². The summed E-state index contributed by atoms with van der Waals surface area (Å²) in [7, 11) is 2.19. The third kappa shape index (κ3) is 4.39. The number of likely N-dealkylation sites (tertiary alicyclic amines) is 1. The van der Waals surface area contributed by atoms with Gasteiger partial charge in [0.05, 0.1) is 0 Å². The first-order chi connectivity index (χ1) is 13.6. The largest absolute Gasteiger partial charge is 0.396 e. The van der Waals surface area contributed by atoms with Crippen LogP contribution in [0.1, 0.15) is 42.1 Å². The normalized spacial score (nSPS) is 27.4. The fourth-order valence-electron chi connectivity index (χ4n) is 5.00. The van der Waals surface area contributed by atoms with Crippen LogP contribution in [0, 0.1) is 11.8 Å². The summed E-state index contributed by atoms with van der Waals surface area (Å²) in [5.74, 6) is 1.97. The van der Waals surface area contributed by atoms with Crippen molar-refractivity contribution in [1.29, 1.82) is 0 Å². The third-order valence-corrected chi connectivity index (χ3v) is 6.55.